The fraction of sp³-hybridized carbons (Fsp3) is 0.889. The van der Waals surface area contributed by atoms with Crippen LogP contribution in [0.3, 0.4) is 0 Å². The Hall–Kier alpha value is -0.700. The van der Waals surface area contributed by atoms with Crippen LogP contribution in [0.15, 0.2) is 12.3 Å². The molecule has 2 aliphatic rings. The molecule has 146 valence electrons. The van der Waals surface area contributed by atoms with Gasteiger partial charge in [-0.15, -0.1) is 0 Å². The minimum atomic E-state index is -0.385. The second kappa shape index (κ2) is 8.79. The van der Waals surface area contributed by atoms with Crippen molar-refractivity contribution in [2.45, 2.75) is 69.5 Å². The number of ether oxygens (including phenoxy) is 6. The van der Waals surface area contributed by atoms with E-state index in [1.165, 1.54) is 0 Å². The van der Waals surface area contributed by atoms with E-state index in [2.05, 4.69) is 11.8 Å². The van der Waals surface area contributed by atoms with Gasteiger partial charge < -0.3 is 28.4 Å². The lowest BCUT2D eigenvalue weighted by Crippen LogP contribution is -2.60. The number of nitrogens with zero attached hydrogens (tertiary/aromatic N) is 1. The molecule has 7 nitrogen and oxygen atoms in total. The first-order chi connectivity index (χ1) is 11.8. The minimum Gasteiger partial charge on any atom is -0.496 e. The third-order valence-electron chi connectivity index (χ3n) is 5.26. The van der Waals surface area contributed by atoms with Crippen molar-refractivity contribution >= 4 is 0 Å². The maximum Gasteiger partial charge on any atom is 0.161 e. The van der Waals surface area contributed by atoms with E-state index in [1.54, 1.807) is 20.5 Å². The summed E-state index contributed by atoms with van der Waals surface area (Å²) in [6.45, 7) is 6.33. The Bertz CT molecular complexity index is 445. The van der Waals surface area contributed by atoms with Gasteiger partial charge in [0.2, 0.25) is 0 Å². The van der Waals surface area contributed by atoms with E-state index in [9.17, 15) is 0 Å². The molecule has 2 rings (SSSR count). The molecule has 7 heteroatoms. The molecule has 0 N–H and O–H groups in total. The van der Waals surface area contributed by atoms with Crippen molar-refractivity contribution < 1.29 is 28.4 Å². The van der Waals surface area contributed by atoms with Gasteiger partial charge in [-0.2, -0.15) is 0 Å². The predicted octanol–water partition coefficient (Wildman–Crippen LogP) is 1.76. The highest BCUT2D eigenvalue weighted by atomic mass is 16.7. The zero-order valence-corrected chi connectivity index (χ0v) is 16.4. The quantitative estimate of drug-likeness (QED) is 0.642. The zero-order chi connectivity index (χ0) is 18.6. The van der Waals surface area contributed by atoms with Crippen LogP contribution in [0.2, 0.25) is 0 Å². The van der Waals surface area contributed by atoms with Crippen LogP contribution in [-0.4, -0.2) is 82.4 Å². The molecule has 7 atom stereocenters. The molecule has 2 aliphatic heterocycles. The van der Waals surface area contributed by atoms with Crippen molar-refractivity contribution in [3.63, 3.8) is 0 Å². The SMILES string of the molecule is COCO[C@H]1[C@@H](OC)C[C@@H](O[C@@H]2[C@H](C)OC=C[C@]2(C)N(C)C)O[C@@H]1C. The first kappa shape index (κ1) is 20.6. The number of hydrogen-bond acceptors (Lipinski definition) is 7. The fourth-order valence-electron chi connectivity index (χ4n) is 3.46. The second-order valence-electron chi connectivity index (χ2n) is 7.14. The lowest BCUT2D eigenvalue weighted by molar-refractivity contribution is -0.294. The summed E-state index contributed by atoms with van der Waals surface area (Å²) < 4.78 is 34.5. The van der Waals surface area contributed by atoms with Crippen LogP contribution in [0.25, 0.3) is 0 Å². The Morgan fingerprint density at radius 3 is 2.52 bits per heavy atom. The average molecular weight is 359 g/mol. The van der Waals surface area contributed by atoms with E-state index < -0.39 is 0 Å². The van der Waals surface area contributed by atoms with Crippen LogP contribution in [0.5, 0.6) is 0 Å². The van der Waals surface area contributed by atoms with E-state index in [-0.39, 0.29) is 49.1 Å². The molecule has 1 fully saturated rings. The Labute approximate surface area is 151 Å². The van der Waals surface area contributed by atoms with Gasteiger partial charge in [0, 0.05) is 20.6 Å². The molecule has 0 aromatic heterocycles. The molecule has 0 radical (unpaired) electrons. The molecule has 0 saturated carbocycles. The monoisotopic (exact) mass is 359 g/mol. The van der Waals surface area contributed by atoms with Crippen molar-refractivity contribution in [1.82, 2.24) is 4.90 Å². The van der Waals surface area contributed by atoms with E-state index in [0.717, 1.165) is 0 Å². The third-order valence-corrected chi connectivity index (χ3v) is 5.26. The van der Waals surface area contributed by atoms with Crippen LogP contribution in [0, 0.1) is 0 Å². The highest BCUT2D eigenvalue weighted by Crippen LogP contribution is 2.33. The van der Waals surface area contributed by atoms with Crippen LogP contribution < -0.4 is 0 Å². The normalized spacial score (nSPS) is 41.8. The summed E-state index contributed by atoms with van der Waals surface area (Å²) in [5, 5.41) is 0. The third kappa shape index (κ3) is 4.53. The summed E-state index contributed by atoms with van der Waals surface area (Å²) in [6.07, 6.45) is 3.26. The molecule has 2 heterocycles. The number of likely N-dealkylation sites (N-methyl/N-ethyl adjacent to an activating group) is 1. The molecule has 1 saturated heterocycles. The van der Waals surface area contributed by atoms with Crippen molar-refractivity contribution in [3.05, 3.63) is 12.3 Å². The average Bonchev–Trinajstić information content (AvgIpc) is 2.56. The molecule has 0 aromatic rings. The summed E-state index contributed by atoms with van der Waals surface area (Å²) >= 11 is 0. The van der Waals surface area contributed by atoms with E-state index in [0.29, 0.717) is 6.42 Å². The van der Waals surface area contributed by atoms with E-state index >= 15 is 0 Å². The maximum absolute atomic E-state index is 6.37. The Morgan fingerprint density at radius 2 is 1.92 bits per heavy atom. The Balaban J connectivity index is 2.08. The Kier molecular flexibility index (Phi) is 7.25. The number of hydrogen-bond donors (Lipinski definition) is 0. The molecule has 0 amide bonds. The van der Waals surface area contributed by atoms with Crippen LogP contribution >= 0.6 is 0 Å². The minimum absolute atomic E-state index is 0.0836. The number of methoxy groups -OCH3 is 2. The van der Waals surface area contributed by atoms with Crippen LogP contribution in [-0.2, 0) is 28.4 Å². The van der Waals surface area contributed by atoms with Gasteiger partial charge in [-0.25, -0.2) is 0 Å². The van der Waals surface area contributed by atoms with Crippen molar-refractivity contribution in [3.8, 4) is 0 Å². The van der Waals surface area contributed by atoms with Gasteiger partial charge in [-0.3, -0.25) is 4.90 Å². The first-order valence-corrected chi connectivity index (χ1v) is 8.78. The van der Waals surface area contributed by atoms with Gasteiger partial charge >= 0.3 is 0 Å². The summed E-state index contributed by atoms with van der Waals surface area (Å²) in [7, 11) is 7.36. The summed E-state index contributed by atoms with van der Waals surface area (Å²) in [6, 6.07) is 0. The molecule has 0 bridgehead atoms. The summed E-state index contributed by atoms with van der Waals surface area (Å²) in [4.78, 5) is 2.14. The van der Waals surface area contributed by atoms with Crippen LogP contribution in [0.4, 0.5) is 0 Å². The van der Waals surface area contributed by atoms with Gasteiger partial charge in [0.1, 0.15) is 25.1 Å². The van der Waals surface area contributed by atoms with Gasteiger partial charge in [0.15, 0.2) is 6.29 Å². The topological polar surface area (TPSA) is 58.6 Å². The Morgan fingerprint density at radius 1 is 1.20 bits per heavy atom. The molecule has 0 spiro atoms. The first-order valence-electron chi connectivity index (χ1n) is 8.78. The largest absolute Gasteiger partial charge is 0.496 e. The predicted molar refractivity (Wildman–Crippen MR) is 93.2 cm³/mol. The molecule has 0 aliphatic carbocycles. The van der Waals surface area contributed by atoms with Crippen molar-refractivity contribution in [2.75, 3.05) is 35.1 Å². The summed E-state index contributed by atoms with van der Waals surface area (Å²) in [5.74, 6) is 0. The standard InChI is InChI=1S/C18H33NO6/c1-12-16(23-11-20-6)14(21-7)10-15(24-12)25-17-13(2)22-9-8-18(17,3)19(4)5/h8-9,12-17H,10-11H2,1-7H3/t12-,13+,14+,15-,16-,17-,18+/m1/s1. The highest BCUT2D eigenvalue weighted by Gasteiger charge is 2.46. The molecule has 0 aromatic carbocycles. The molecule has 0 unspecified atom stereocenters. The molecular weight excluding hydrogens is 326 g/mol. The van der Waals surface area contributed by atoms with E-state index in [1.807, 2.05) is 34.0 Å². The van der Waals surface area contributed by atoms with Crippen molar-refractivity contribution in [1.29, 1.82) is 0 Å². The van der Waals surface area contributed by atoms with Crippen LogP contribution in [0.1, 0.15) is 27.2 Å². The molecule has 25 heavy (non-hydrogen) atoms. The second-order valence-corrected chi connectivity index (χ2v) is 7.14. The van der Waals surface area contributed by atoms with Gasteiger partial charge in [-0.05, 0) is 40.9 Å². The zero-order valence-electron chi connectivity index (χ0n) is 16.4. The maximum atomic E-state index is 6.37. The lowest BCUT2D eigenvalue weighted by atomic mass is 9.88. The van der Waals surface area contributed by atoms with Gasteiger partial charge in [-0.1, -0.05) is 0 Å². The van der Waals surface area contributed by atoms with Crippen molar-refractivity contribution in [2.24, 2.45) is 0 Å². The fourth-order valence-corrected chi connectivity index (χ4v) is 3.46. The smallest absolute Gasteiger partial charge is 0.161 e. The van der Waals surface area contributed by atoms with Gasteiger partial charge in [0.25, 0.3) is 0 Å². The number of rotatable bonds is 7. The highest BCUT2D eigenvalue weighted by molar-refractivity contribution is 5.12. The lowest BCUT2D eigenvalue weighted by Gasteiger charge is -2.48. The molecular formula is C18H33NO6. The van der Waals surface area contributed by atoms with E-state index in [4.69, 9.17) is 28.4 Å². The summed E-state index contributed by atoms with van der Waals surface area (Å²) in [5.41, 5.74) is -0.282. The van der Waals surface area contributed by atoms with Gasteiger partial charge in [0.05, 0.1) is 24.0 Å².